The molecular weight excluding hydrogens is 431 g/mol. The van der Waals surface area contributed by atoms with E-state index in [0.717, 1.165) is 55.7 Å². The first-order valence-electron chi connectivity index (χ1n) is 11.0. The number of imidazole rings is 1. The van der Waals surface area contributed by atoms with Gasteiger partial charge in [-0.15, -0.1) is 0 Å². The molecule has 2 aromatic heterocycles. The van der Waals surface area contributed by atoms with Gasteiger partial charge in [-0.2, -0.15) is 5.10 Å². The van der Waals surface area contributed by atoms with E-state index in [-0.39, 0.29) is 6.04 Å². The van der Waals surface area contributed by atoms with Gasteiger partial charge in [-0.05, 0) is 56.3 Å². The summed E-state index contributed by atoms with van der Waals surface area (Å²) in [7, 11) is 0. The molecule has 0 aliphatic carbocycles. The molecule has 4 heterocycles. The molecule has 3 aromatic rings. The largest absolute Gasteiger partial charge is 0.370 e. The number of piperidine rings is 1. The van der Waals surface area contributed by atoms with E-state index < -0.39 is 0 Å². The second-order valence-corrected chi connectivity index (χ2v) is 9.66. The molecule has 2 atom stereocenters. The zero-order valence-corrected chi connectivity index (χ0v) is 19.2. The number of benzene rings is 1. The highest BCUT2D eigenvalue weighted by molar-refractivity contribution is 6.35. The molecule has 2 fully saturated rings. The average Bonchev–Trinajstić information content (AvgIpc) is 3.41. The Balaban J connectivity index is 1.28. The summed E-state index contributed by atoms with van der Waals surface area (Å²) in [6.45, 7) is 7.45. The van der Waals surface area contributed by atoms with Gasteiger partial charge in [0, 0.05) is 65.7 Å². The molecule has 1 aromatic carbocycles. The van der Waals surface area contributed by atoms with E-state index in [2.05, 4.69) is 37.9 Å². The van der Waals surface area contributed by atoms with Gasteiger partial charge in [0.2, 0.25) is 0 Å². The van der Waals surface area contributed by atoms with Crippen molar-refractivity contribution in [1.82, 2.24) is 24.6 Å². The molecule has 8 heteroatoms. The number of rotatable bonds is 6. The van der Waals surface area contributed by atoms with Crippen molar-refractivity contribution in [2.75, 3.05) is 31.1 Å². The van der Waals surface area contributed by atoms with Gasteiger partial charge < -0.3 is 9.88 Å². The van der Waals surface area contributed by atoms with Gasteiger partial charge in [-0.1, -0.05) is 23.2 Å². The molecule has 1 N–H and O–H groups in total. The predicted octanol–water partition coefficient (Wildman–Crippen LogP) is 4.87. The Kier molecular flexibility index (Phi) is 5.95. The number of anilines is 1. The monoisotopic (exact) mass is 458 g/mol. The third kappa shape index (κ3) is 4.34. The molecule has 2 saturated heterocycles. The summed E-state index contributed by atoms with van der Waals surface area (Å²) in [4.78, 5) is 12.6. The maximum absolute atomic E-state index is 6.68. The highest BCUT2D eigenvalue weighted by Gasteiger charge is 2.37. The quantitative estimate of drug-likeness (QED) is 0.572. The van der Waals surface area contributed by atoms with Crippen LogP contribution in [0.5, 0.6) is 0 Å². The van der Waals surface area contributed by atoms with Gasteiger partial charge in [-0.25, -0.2) is 4.98 Å². The number of likely N-dealkylation sites (tertiary alicyclic amines) is 1. The summed E-state index contributed by atoms with van der Waals surface area (Å²) >= 11 is 13.1. The molecule has 0 spiro atoms. The average molecular weight is 459 g/mol. The first kappa shape index (κ1) is 20.9. The molecule has 2 aliphatic rings. The Morgan fingerprint density at radius 1 is 1.16 bits per heavy atom. The predicted molar refractivity (Wildman–Crippen MR) is 125 cm³/mol. The fourth-order valence-corrected chi connectivity index (χ4v) is 5.75. The van der Waals surface area contributed by atoms with E-state index in [0.29, 0.717) is 16.0 Å². The van der Waals surface area contributed by atoms with Gasteiger partial charge in [0.05, 0.1) is 12.6 Å². The highest BCUT2D eigenvalue weighted by Crippen LogP contribution is 2.42. The molecule has 5 rings (SSSR count). The minimum atomic E-state index is 0.0484. The Bertz CT molecular complexity index is 998. The number of aromatic amines is 1. The van der Waals surface area contributed by atoms with Crippen molar-refractivity contribution in [1.29, 1.82) is 0 Å². The molecule has 31 heavy (non-hydrogen) atoms. The van der Waals surface area contributed by atoms with E-state index in [1.807, 2.05) is 35.4 Å². The van der Waals surface area contributed by atoms with Crippen LogP contribution in [0.4, 0.5) is 5.69 Å². The number of aromatic nitrogens is 4. The zero-order chi connectivity index (χ0) is 21.4. The molecule has 1 unspecified atom stereocenters. The molecule has 2 aliphatic heterocycles. The first-order valence-corrected chi connectivity index (χ1v) is 11.8. The van der Waals surface area contributed by atoms with Crippen LogP contribution in [0.1, 0.15) is 37.2 Å². The maximum Gasteiger partial charge on any atom is 0.120 e. The molecule has 0 amide bonds. The van der Waals surface area contributed by atoms with Crippen molar-refractivity contribution in [3.05, 3.63) is 64.4 Å². The third-order valence-electron chi connectivity index (χ3n) is 6.80. The van der Waals surface area contributed by atoms with E-state index in [1.165, 1.54) is 12.8 Å². The van der Waals surface area contributed by atoms with Crippen LogP contribution in [-0.2, 0) is 6.54 Å². The Hall–Kier alpha value is -2.02. The normalized spacial score (nSPS) is 21.3. The van der Waals surface area contributed by atoms with Crippen LogP contribution in [0.3, 0.4) is 0 Å². The minimum Gasteiger partial charge on any atom is -0.370 e. The van der Waals surface area contributed by atoms with Crippen molar-refractivity contribution in [3.8, 4) is 0 Å². The fourth-order valence-electron chi connectivity index (χ4n) is 5.11. The van der Waals surface area contributed by atoms with Crippen LogP contribution in [0.25, 0.3) is 0 Å². The maximum atomic E-state index is 6.68. The second-order valence-electron chi connectivity index (χ2n) is 8.82. The van der Waals surface area contributed by atoms with Crippen molar-refractivity contribution < 1.29 is 0 Å². The van der Waals surface area contributed by atoms with Crippen molar-refractivity contribution in [2.24, 2.45) is 11.8 Å². The number of nitrogens with one attached hydrogen (secondary N) is 1. The first-order chi connectivity index (χ1) is 15.1. The lowest BCUT2D eigenvalue weighted by molar-refractivity contribution is 0.112. The summed E-state index contributed by atoms with van der Waals surface area (Å²) < 4.78 is 1.95. The summed E-state index contributed by atoms with van der Waals surface area (Å²) in [6, 6.07) is 5.89. The van der Waals surface area contributed by atoms with Gasteiger partial charge in [0.25, 0.3) is 0 Å². The Morgan fingerprint density at radius 2 is 2.03 bits per heavy atom. The summed E-state index contributed by atoms with van der Waals surface area (Å²) in [6.07, 6.45) is 10.1. The lowest BCUT2D eigenvalue weighted by atomic mass is 9.80. The van der Waals surface area contributed by atoms with Crippen LogP contribution in [-0.4, -0.2) is 50.8 Å². The van der Waals surface area contributed by atoms with Gasteiger partial charge in [0.15, 0.2) is 0 Å². The van der Waals surface area contributed by atoms with Crippen LogP contribution >= 0.6 is 23.2 Å². The number of halogens is 2. The summed E-state index contributed by atoms with van der Waals surface area (Å²) in [5, 5.41) is 5.81. The van der Waals surface area contributed by atoms with Crippen molar-refractivity contribution >= 4 is 28.9 Å². The van der Waals surface area contributed by atoms with Crippen LogP contribution < -0.4 is 4.90 Å². The van der Waals surface area contributed by atoms with Gasteiger partial charge >= 0.3 is 0 Å². The van der Waals surface area contributed by atoms with E-state index in [9.17, 15) is 0 Å². The SMILES string of the molecule is CC(c1c(Cl)cc(Cl)cc1N1CC([C@@H]2CCCN(Cc3ncc[nH]3)C2)C1)n1cccn1. The molecule has 0 bridgehead atoms. The zero-order valence-electron chi connectivity index (χ0n) is 17.7. The van der Waals surface area contributed by atoms with E-state index in [1.54, 1.807) is 6.20 Å². The van der Waals surface area contributed by atoms with Crippen LogP contribution in [0, 0.1) is 11.8 Å². The standard InChI is InChI=1S/C23H28Cl2N6/c1-16(31-9-3-5-28-31)23-20(25)10-19(24)11-21(23)30-13-18(14-30)17-4-2-8-29(12-17)15-22-26-6-7-27-22/h3,5-7,9-11,16-18H,2,4,8,12-15H2,1H3,(H,26,27)/t16?,17-/m1/s1. The fraction of sp³-hybridized carbons (Fsp3) is 0.478. The second kappa shape index (κ2) is 8.85. The van der Waals surface area contributed by atoms with E-state index in [4.69, 9.17) is 23.2 Å². The number of hydrogen-bond donors (Lipinski definition) is 1. The van der Waals surface area contributed by atoms with Crippen molar-refractivity contribution in [2.45, 2.75) is 32.4 Å². The lowest BCUT2D eigenvalue weighted by Gasteiger charge is -2.48. The Labute approximate surface area is 193 Å². The van der Waals surface area contributed by atoms with Crippen molar-refractivity contribution in [3.63, 3.8) is 0 Å². The molecular formula is C23H28Cl2N6. The van der Waals surface area contributed by atoms with Gasteiger partial charge in [-0.3, -0.25) is 9.58 Å². The van der Waals surface area contributed by atoms with Gasteiger partial charge in [0.1, 0.15) is 5.82 Å². The van der Waals surface area contributed by atoms with Crippen LogP contribution in [0.15, 0.2) is 43.0 Å². The number of H-pyrrole nitrogens is 1. The minimum absolute atomic E-state index is 0.0484. The molecule has 6 nitrogen and oxygen atoms in total. The number of hydrogen-bond acceptors (Lipinski definition) is 4. The lowest BCUT2D eigenvalue weighted by Crippen LogP contribution is -2.53. The topological polar surface area (TPSA) is 53.0 Å². The van der Waals surface area contributed by atoms with Crippen LogP contribution in [0.2, 0.25) is 10.0 Å². The Morgan fingerprint density at radius 3 is 2.77 bits per heavy atom. The molecule has 0 radical (unpaired) electrons. The van der Waals surface area contributed by atoms with E-state index >= 15 is 0 Å². The summed E-state index contributed by atoms with van der Waals surface area (Å²) in [5.74, 6) is 2.48. The third-order valence-corrected chi connectivity index (χ3v) is 7.33. The smallest absolute Gasteiger partial charge is 0.120 e. The summed E-state index contributed by atoms with van der Waals surface area (Å²) in [5.41, 5.74) is 2.23. The highest BCUT2D eigenvalue weighted by atomic mass is 35.5. The molecule has 164 valence electrons. The number of nitrogens with zero attached hydrogens (tertiary/aromatic N) is 5. The molecule has 0 saturated carbocycles.